The van der Waals surface area contributed by atoms with Gasteiger partial charge in [-0.15, -0.1) is 0 Å². The van der Waals surface area contributed by atoms with Crippen LogP contribution in [0.25, 0.3) is 0 Å². The smallest absolute Gasteiger partial charge is 0.174 e. The van der Waals surface area contributed by atoms with Crippen LogP contribution in [-0.2, 0) is 14.9 Å². The molecule has 19 heavy (non-hydrogen) atoms. The van der Waals surface area contributed by atoms with Gasteiger partial charge in [0.1, 0.15) is 0 Å². The van der Waals surface area contributed by atoms with Crippen LogP contribution in [0.15, 0.2) is 12.2 Å². The standard InChI is InChI=1S/C12H24N2O4S/c1-10(2)12(15)11(13)6-8-14(3,4)7-5-9-19(16,17)18/h11H,1,5-9,13H2,2-4H3. The van der Waals surface area contributed by atoms with E-state index >= 15 is 0 Å². The number of nitrogens with zero attached hydrogens (tertiary/aromatic N) is 1. The maximum absolute atomic E-state index is 11.6. The highest BCUT2D eigenvalue weighted by molar-refractivity contribution is 7.85. The zero-order valence-corrected chi connectivity index (χ0v) is 12.7. The fourth-order valence-electron chi connectivity index (χ4n) is 1.72. The highest BCUT2D eigenvalue weighted by Crippen LogP contribution is 2.06. The molecular weight excluding hydrogens is 268 g/mol. The minimum atomic E-state index is -4.15. The molecule has 0 bridgehead atoms. The minimum absolute atomic E-state index is 0.151. The van der Waals surface area contributed by atoms with Gasteiger partial charge in [0, 0.05) is 18.6 Å². The molecule has 0 aromatic carbocycles. The Morgan fingerprint density at radius 1 is 1.37 bits per heavy atom. The summed E-state index contributed by atoms with van der Waals surface area (Å²) in [7, 11) is -0.329. The van der Waals surface area contributed by atoms with Crippen LogP contribution >= 0.6 is 0 Å². The molecule has 0 saturated heterocycles. The molecule has 0 heterocycles. The van der Waals surface area contributed by atoms with Gasteiger partial charge >= 0.3 is 0 Å². The molecule has 112 valence electrons. The van der Waals surface area contributed by atoms with Crippen molar-refractivity contribution in [3.05, 3.63) is 12.2 Å². The Bertz CT molecular complexity index is 429. The van der Waals surface area contributed by atoms with E-state index in [1.165, 1.54) is 0 Å². The molecule has 0 fully saturated rings. The summed E-state index contributed by atoms with van der Waals surface area (Å²) < 4.78 is 32.1. The molecule has 2 N–H and O–H groups in total. The molecular formula is C12H24N2O4S. The average Bonchev–Trinajstić information content (AvgIpc) is 2.22. The first kappa shape index (κ1) is 18.2. The summed E-state index contributed by atoms with van der Waals surface area (Å²) in [5.41, 5.74) is 6.20. The van der Waals surface area contributed by atoms with Crippen LogP contribution in [0.5, 0.6) is 0 Å². The van der Waals surface area contributed by atoms with Crippen LogP contribution in [0.1, 0.15) is 19.8 Å². The van der Waals surface area contributed by atoms with E-state index in [2.05, 4.69) is 6.58 Å². The van der Waals surface area contributed by atoms with Gasteiger partial charge in [0.25, 0.3) is 0 Å². The number of hydrogen-bond donors (Lipinski definition) is 1. The third-order valence-corrected chi connectivity index (χ3v) is 3.75. The number of rotatable bonds is 9. The predicted octanol–water partition coefficient (Wildman–Crippen LogP) is -0.139. The molecule has 1 atom stereocenters. The van der Waals surface area contributed by atoms with Crippen LogP contribution in [0.3, 0.4) is 0 Å². The van der Waals surface area contributed by atoms with Gasteiger partial charge in [-0.3, -0.25) is 4.79 Å². The van der Waals surface area contributed by atoms with Crippen LogP contribution in [0.2, 0.25) is 0 Å². The van der Waals surface area contributed by atoms with E-state index in [0.717, 1.165) is 0 Å². The first-order valence-electron chi connectivity index (χ1n) is 6.15. The Morgan fingerprint density at radius 2 is 1.89 bits per heavy atom. The van der Waals surface area contributed by atoms with Gasteiger partial charge in [-0.1, -0.05) is 6.58 Å². The van der Waals surface area contributed by atoms with Gasteiger partial charge in [0.2, 0.25) is 0 Å². The van der Waals surface area contributed by atoms with E-state index in [9.17, 15) is 17.8 Å². The van der Waals surface area contributed by atoms with Crippen molar-refractivity contribution in [2.75, 3.05) is 32.9 Å². The predicted molar refractivity (Wildman–Crippen MR) is 73.4 cm³/mol. The van der Waals surface area contributed by atoms with E-state index in [1.54, 1.807) is 6.92 Å². The lowest BCUT2D eigenvalue weighted by molar-refractivity contribution is -0.890. The number of Topliss-reactive ketones (excluding diaryl/α,β-unsaturated/α-hetero) is 1. The van der Waals surface area contributed by atoms with Gasteiger partial charge < -0.3 is 14.8 Å². The molecule has 0 radical (unpaired) electrons. The minimum Gasteiger partial charge on any atom is -0.748 e. The average molecular weight is 292 g/mol. The first-order chi connectivity index (χ1) is 8.44. The van der Waals surface area contributed by atoms with Crippen LogP contribution in [0, 0.1) is 0 Å². The molecule has 7 heteroatoms. The highest BCUT2D eigenvalue weighted by atomic mass is 32.2. The molecule has 0 aliphatic carbocycles. The Morgan fingerprint density at radius 3 is 2.32 bits per heavy atom. The molecule has 0 aliphatic rings. The van der Waals surface area contributed by atoms with Crippen molar-refractivity contribution in [1.82, 2.24) is 0 Å². The second-order valence-electron chi connectivity index (χ2n) is 5.54. The topological polar surface area (TPSA) is 100 Å². The van der Waals surface area contributed by atoms with Crippen LogP contribution in [0.4, 0.5) is 0 Å². The SMILES string of the molecule is C=C(C)C(=O)C(N)CC[N+](C)(C)CCCS(=O)(=O)[O-]. The summed E-state index contributed by atoms with van der Waals surface area (Å²) in [6, 6.07) is -0.571. The summed E-state index contributed by atoms with van der Waals surface area (Å²) in [6.45, 7) is 6.38. The summed E-state index contributed by atoms with van der Waals surface area (Å²) in [5, 5.41) is 0. The van der Waals surface area contributed by atoms with E-state index in [4.69, 9.17) is 5.73 Å². The van der Waals surface area contributed by atoms with Gasteiger partial charge in [-0.05, 0) is 12.5 Å². The van der Waals surface area contributed by atoms with Crippen molar-refractivity contribution in [3.63, 3.8) is 0 Å². The van der Waals surface area contributed by atoms with Gasteiger partial charge in [-0.25, -0.2) is 8.42 Å². The van der Waals surface area contributed by atoms with E-state index < -0.39 is 16.2 Å². The molecule has 0 saturated carbocycles. The molecule has 0 aliphatic heterocycles. The largest absolute Gasteiger partial charge is 0.748 e. The lowest BCUT2D eigenvalue weighted by atomic mass is 10.0. The molecule has 6 nitrogen and oxygen atoms in total. The van der Waals surface area contributed by atoms with Crippen LogP contribution < -0.4 is 5.73 Å². The van der Waals surface area contributed by atoms with Crippen molar-refractivity contribution in [1.29, 1.82) is 0 Å². The van der Waals surface area contributed by atoms with Crippen molar-refractivity contribution in [3.8, 4) is 0 Å². The Kier molecular flexibility index (Phi) is 6.85. The molecule has 0 aromatic rings. The summed E-state index contributed by atoms with van der Waals surface area (Å²) >= 11 is 0. The monoisotopic (exact) mass is 292 g/mol. The van der Waals surface area contributed by atoms with Crippen molar-refractivity contribution >= 4 is 15.9 Å². The number of ketones is 1. The van der Waals surface area contributed by atoms with Crippen molar-refractivity contribution < 1.29 is 22.2 Å². The normalized spacial score (nSPS) is 14.2. The highest BCUT2D eigenvalue weighted by Gasteiger charge is 2.20. The van der Waals surface area contributed by atoms with Gasteiger partial charge in [-0.2, -0.15) is 0 Å². The van der Waals surface area contributed by atoms with E-state index in [-0.39, 0.29) is 11.5 Å². The Balaban J connectivity index is 4.16. The van der Waals surface area contributed by atoms with Gasteiger partial charge in [0.15, 0.2) is 5.78 Å². The maximum atomic E-state index is 11.6. The molecule has 0 amide bonds. The first-order valence-corrected chi connectivity index (χ1v) is 7.73. The number of carbonyl (C=O) groups excluding carboxylic acids is 1. The lowest BCUT2D eigenvalue weighted by Crippen LogP contribution is -2.45. The Labute approximate surface area is 115 Å². The zero-order valence-electron chi connectivity index (χ0n) is 11.9. The van der Waals surface area contributed by atoms with Gasteiger partial charge in [0.05, 0.1) is 43.3 Å². The third-order valence-electron chi connectivity index (χ3n) is 2.96. The number of nitrogens with two attached hydrogens (primary N) is 1. The van der Waals surface area contributed by atoms with E-state index in [1.807, 2.05) is 14.1 Å². The molecule has 1 unspecified atom stereocenters. The Hall–Kier alpha value is -0.760. The number of hydrogen-bond acceptors (Lipinski definition) is 5. The number of quaternary nitrogens is 1. The quantitative estimate of drug-likeness (QED) is 0.362. The van der Waals surface area contributed by atoms with Crippen LogP contribution in [-0.4, -0.2) is 62.2 Å². The summed E-state index contributed by atoms with van der Waals surface area (Å²) in [6.07, 6.45) is 0.811. The number of carbonyl (C=O) groups is 1. The third kappa shape index (κ3) is 8.88. The summed E-state index contributed by atoms with van der Waals surface area (Å²) in [5.74, 6) is -0.507. The second-order valence-corrected chi connectivity index (χ2v) is 7.06. The second kappa shape index (κ2) is 7.14. The fraction of sp³-hybridized carbons (Fsp3) is 0.750. The van der Waals surface area contributed by atoms with Crippen molar-refractivity contribution in [2.45, 2.75) is 25.8 Å². The van der Waals surface area contributed by atoms with E-state index in [0.29, 0.717) is 36.0 Å². The maximum Gasteiger partial charge on any atom is 0.174 e. The van der Waals surface area contributed by atoms with Crippen molar-refractivity contribution in [2.24, 2.45) is 5.73 Å². The zero-order chi connectivity index (χ0) is 15.3. The fourth-order valence-corrected chi connectivity index (χ4v) is 2.20. The lowest BCUT2D eigenvalue weighted by Gasteiger charge is -2.31. The molecule has 0 spiro atoms. The summed E-state index contributed by atoms with van der Waals surface area (Å²) in [4.78, 5) is 11.6. The molecule has 0 rings (SSSR count). The molecule has 0 aromatic heterocycles.